The minimum absolute atomic E-state index is 0.0775. The molecule has 1 aliphatic carbocycles. The Morgan fingerprint density at radius 3 is 2.79 bits per heavy atom. The van der Waals surface area contributed by atoms with E-state index in [1.165, 1.54) is 5.57 Å². The zero-order chi connectivity index (χ0) is 20.2. The number of carbonyl (C=O) groups is 1. The Hall–Kier alpha value is -2.88. The number of rotatable bonds is 5. The number of hydrogen-bond donors (Lipinski definition) is 0. The standard InChI is InChI=1S/C22H22ClN5O/c23-19-2-1-3-20(10-19)28-9-8-26(15-22(28)29)14-21-12-25-16-27(21)13-18-6-4-17(11-24)5-7-18/h1-4,6,10,12,16H,5,7-9,13-15H2. The number of aromatic nitrogens is 2. The first kappa shape index (κ1) is 19.4. The molecular formula is C22H22ClN5O. The van der Waals surface area contributed by atoms with E-state index in [1.54, 1.807) is 4.90 Å². The molecule has 0 atom stereocenters. The van der Waals surface area contributed by atoms with Crippen LogP contribution >= 0.6 is 11.6 Å². The van der Waals surface area contributed by atoms with Gasteiger partial charge in [0.15, 0.2) is 0 Å². The predicted octanol–water partition coefficient (Wildman–Crippen LogP) is 3.56. The van der Waals surface area contributed by atoms with Crippen LogP contribution in [0.1, 0.15) is 18.5 Å². The van der Waals surface area contributed by atoms with E-state index >= 15 is 0 Å². The summed E-state index contributed by atoms with van der Waals surface area (Å²) in [6, 6.07) is 9.64. The first-order valence-electron chi connectivity index (χ1n) is 9.68. The van der Waals surface area contributed by atoms with Gasteiger partial charge in [-0.1, -0.05) is 29.3 Å². The van der Waals surface area contributed by atoms with Gasteiger partial charge < -0.3 is 9.47 Å². The molecule has 1 fully saturated rings. The van der Waals surface area contributed by atoms with Gasteiger partial charge in [0.1, 0.15) is 0 Å². The third-order valence-electron chi connectivity index (χ3n) is 5.36. The molecule has 148 valence electrons. The van der Waals surface area contributed by atoms with E-state index in [9.17, 15) is 4.79 Å². The molecule has 1 aromatic carbocycles. The van der Waals surface area contributed by atoms with E-state index < -0.39 is 0 Å². The fourth-order valence-electron chi connectivity index (χ4n) is 3.75. The van der Waals surface area contributed by atoms with Crippen molar-refractivity contribution in [3.05, 3.63) is 70.8 Å². The van der Waals surface area contributed by atoms with E-state index in [4.69, 9.17) is 16.9 Å². The maximum Gasteiger partial charge on any atom is 0.241 e. The first-order valence-corrected chi connectivity index (χ1v) is 10.1. The average molecular weight is 408 g/mol. The minimum Gasteiger partial charge on any atom is -0.329 e. The molecule has 1 amide bonds. The van der Waals surface area contributed by atoms with Crippen LogP contribution in [0.25, 0.3) is 0 Å². The maximum absolute atomic E-state index is 12.7. The number of hydrogen-bond acceptors (Lipinski definition) is 4. The smallest absolute Gasteiger partial charge is 0.241 e. The van der Waals surface area contributed by atoms with Gasteiger partial charge in [-0.05, 0) is 37.1 Å². The number of nitrogens with zero attached hydrogens (tertiary/aromatic N) is 5. The summed E-state index contributed by atoms with van der Waals surface area (Å²) in [4.78, 5) is 20.9. The Morgan fingerprint density at radius 1 is 1.17 bits per heavy atom. The van der Waals surface area contributed by atoms with Gasteiger partial charge in [0, 0.05) is 48.7 Å². The number of anilines is 1. The highest BCUT2D eigenvalue weighted by molar-refractivity contribution is 6.30. The molecule has 0 unspecified atom stereocenters. The van der Waals surface area contributed by atoms with Crippen LogP contribution in [0.5, 0.6) is 0 Å². The number of piperazine rings is 1. The largest absolute Gasteiger partial charge is 0.329 e. The average Bonchev–Trinajstić information content (AvgIpc) is 3.15. The molecular weight excluding hydrogens is 386 g/mol. The van der Waals surface area contributed by atoms with Crippen LogP contribution < -0.4 is 4.90 Å². The van der Waals surface area contributed by atoms with Crippen molar-refractivity contribution in [2.45, 2.75) is 25.9 Å². The van der Waals surface area contributed by atoms with Crippen molar-refractivity contribution in [2.24, 2.45) is 0 Å². The summed E-state index contributed by atoms with van der Waals surface area (Å²) in [6.07, 6.45) is 9.35. The SMILES string of the molecule is N#CC1=CC=C(Cn2cncc2CN2CCN(c3cccc(Cl)c3)C(=O)C2)CC1. The quantitative estimate of drug-likeness (QED) is 0.760. The van der Waals surface area contributed by atoms with Crippen LogP contribution in [0.2, 0.25) is 5.02 Å². The number of halogens is 1. The van der Waals surface area contributed by atoms with Gasteiger partial charge in [-0.15, -0.1) is 0 Å². The van der Waals surface area contributed by atoms with Crippen LogP contribution in [0, 0.1) is 11.3 Å². The second kappa shape index (κ2) is 8.64. The highest BCUT2D eigenvalue weighted by Crippen LogP contribution is 2.23. The fraction of sp³-hybridized carbons (Fsp3) is 0.318. The number of amides is 1. The van der Waals surface area contributed by atoms with Gasteiger partial charge in [0.25, 0.3) is 0 Å². The van der Waals surface area contributed by atoms with Crippen LogP contribution in [0.4, 0.5) is 5.69 Å². The Labute approximate surface area is 175 Å². The van der Waals surface area contributed by atoms with Crippen molar-refractivity contribution < 1.29 is 4.79 Å². The predicted molar refractivity (Wildman–Crippen MR) is 112 cm³/mol. The monoisotopic (exact) mass is 407 g/mol. The lowest BCUT2D eigenvalue weighted by Gasteiger charge is -2.34. The number of nitriles is 1. The second-order valence-electron chi connectivity index (χ2n) is 7.38. The Balaban J connectivity index is 1.39. The summed E-state index contributed by atoms with van der Waals surface area (Å²) >= 11 is 6.07. The summed E-state index contributed by atoms with van der Waals surface area (Å²) in [7, 11) is 0. The summed E-state index contributed by atoms with van der Waals surface area (Å²) in [5.41, 5.74) is 4.05. The van der Waals surface area contributed by atoms with Crippen LogP contribution in [-0.2, 0) is 17.9 Å². The lowest BCUT2D eigenvalue weighted by molar-refractivity contribution is -0.121. The van der Waals surface area contributed by atoms with E-state index in [0.717, 1.165) is 42.9 Å². The molecule has 29 heavy (non-hydrogen) atoms. The molecule has 2 heterocycles. The molecule has 1 aliphatic heterocycles. The van der Waals surface area contributed by atoms with Gasteiger partial charge in [-0.25, -0.2) is 4.98 Å². The molecule has 0 radical (unpaired) electrons. The molecule has 0 spiro atoms. The van der Waals surface area contributed by atoms with E-state index in [0.29, 0.717) is 24.7 Å². The van der Waals surface area contributed by atoms with Crippen molar-refractivity contribution in [2.75, 3.05) is 24.5 Å². The molecule has 7 heteroatoms. The minimum atomic E-state index is 0.0775. The van der Waals surface area contributed by atoms with Crippen molar-refractivity contribution in [3.63, 3.8) is 0 Å². The highest BCUT2D eigenvalue weighted by atomic mass is 35.5. The van der Waals surface area contributed by atoms with E-state index in [1.807, 2.05) is 48.9 Å². The summed E-state index contributed by atoms with van der Waals surface area (Å²) in [5.74, 6) is 0.0775. The number of allylic oxidation sites excluding steroid dienone is 4. The zero-order valence-electron chi connectivity index (χ0n) is 16.1. The van der Waals surface area contributed by atoms with Crippen molar-refractivity contribution in [1.29, 1.82) is 5.26 Å². The van der Waals surface area contributed by atoms with E-state index in [-0.39, 0.29) is 5.91 Å². The Kier molecular flexibility index (Phi) is 5.79. The molecule has 2 aliphatic rings. The molecule has 1 saturated heterocycles. The molecule has 0 bridgehead atoms. The van der Waals surface area contributed by atoms with Gasteiger partial charge in [-0.2, -0.15) is 5.26 Å². The van der Waals surface area contributed by atoms with Gasteiger partial charge in [-0.3, -0.25) is 9.69 Å². The lowest BCUT2D eigenvalue weighted by Crippen LogP contribution is -2.50. The zero-order valence-corrected chi connectivity index (χ0v) is 16.8. The third kappa shape index (κ3) is 4.58. The van der Waals surface area contributed by atoms with Crippen LogP contribution in [0.3, 0.4) is 0 Å². The molecule has 4 rings (SSSR count). The highest BCUT2D eigenvalue weighted by Gasteiger charge is 2.26. The Morgan fingerprint density at radius 2 is 2.07 bits per heavy atom. The molecule has 0 N–H and O–H groups in total. The van der Waals surface area contributed by atoms with Crippen molar-refractivity contribution in [3.8, 4) is 6.07 Å². The number of carbonyl (C=O) groups excluding carboxylic acids is 1. The van der Waals surface area contributed by atoms with Gasteiger partial charge in [0.05, 0.1) is 24.6 Å². The topological polar surface area (TPSA) is 65.2 Å². The van der Waals surface area contributed by atoms with Gasteiger partial charge >= 0.3 is 0 Å². The second-order valence-corrected chi connectivity index (χ2v) is 7.81. The number of imidazole rings is 1. The van der Waals surface area contributed by atoms with Gasteiger partial charge in [0.2, 0.25) is 5.91 Å². The Bertz CT molecular complexity index is 1020. The first-order chi connectivity index (χ1) is 14.1. The molecule has 1 aromatic heterocycles. The van der Waals surface area contributed by atoms with Crippen LogP contribution in [0.15, 0.2) is 60.1 Å². The molecule has 2 aromatic rings. The number of benzene rings is 1. The summed E-state index contributed by atoms with van der Waals surface area (Å²) < 4.78 is 2.13. The van der Waals surface area contributed by atoms with Crippen LogP contribution in [-0.4, -0.2) is 40.0 Å². The lowest BCUT2D eigenvalue weighted by atomic mass is 9.99. The summed E-state index contributed by atoms with van der Waals surface area (Å²) in [6.45, 7) is 3.25. The molecule has 0 saturated carbocycles. The maximum atomic E-state index is 12.7. The summed E-state index contributed by atoms with van der Waals surface area (Å²) in [5, 5.41) is 9.62. The molecule has 6 nitrogen and oxygen atoms in total. The van der Waals surface area contributed by atoms with Crippen molar-refractivity contribution >= 4 is 23.2 Å². The third-order valence-corrected chi connectivity index (χ3v) is 5.59. The van der Waals surface area contributed by atoms with E-state index in [2.05, 4.69) is 20.5 Å². The normalized spacial score (nSPS) is 17.7. The van der Waals surface area contributed by atoms with Crippen molar-refractivity contribution in [1.82, 2.24) is 14.5 Å². The fourth-order valence-corrected chi connectivity index (χ4v) is 3.93.